The van der Waals surface area contributed by atoms with Gasteiger partial charge in [-0.25, -0.2) is 4.98 Å². The molecule has 1 aliphatic carbocycles. The molecule has 0 bridgehead atoms. The molecule has 1 aliphatic heterocycles. The zero-order valence-electron chi connectivity index (χ0n) is 10.5. The first kappa shape index (κ1) is 11.5. The van der Waals surface area contributed by atoms with Gasteiger partial charge in [-0.15, -0.1) is 0 Å². The number of amidine groups is 1. The molecule has 0 amide bonds. The number of rotatable bonds is 3. The average molecular weight is 245 g/mol. The van der Waals surface area contributed by atoms with Crippen molar-refractivity contribution in [2.24, 2.45) is 5.73 Å². The summed E-state index contributed by atoms with van der Waals surface area (Å²) in [7, 11) is 0. The van der Waals surface area contributed by atoms with Crippen LogP contribution in [-0.2, 0) is 0 Å². The number of nitrogens with zero attached hydrogens (tertiary/aromatic N) is 3. The van der Waals surface area contributed by atoms with Crippen LogP contribution in [-0.4, -0.2) is 47.9 Å². The van der Waals surface area contributed by atoms with Crippen molar-refractivity contribution >= 4 is 11.7 Å². The summed E-state index contributed by atoms with van der Waals surface area (Å²) in [5.41, 5.74) is 6.04. The smallest absolute Gasteiger partial charge is 0.141 e. The molecule has 96 valence electrons. The van der Waals surface area contributed by atoms with E-state index in [4.69, 9.17) is 11.1 Å². The van der Waals surface area contributed by atoms with Crippen LogP contribution in [0, 0.1) is 5.41 Å². The second-order valence-corrected chi connectivity index (χ2v) is 5.05. The van der Waals surface area contributed by atoms with Crippen LogP contribution in [0.15, 0.2) is 18.2 Å². The largest absolute Gasteiger partial charge is 0.382 e. The summed E-state index contributed by atoms with van der Waals surface area (Å²) in [6.07, 6.45) is 2.75. The van der Waals surface area contributed by atoms with Gasteiger partial charge in [-0.1, -0.05) is 6.07 Å². The summed E-state index contributed by atoms with van der Waals surface area (Å²) in [5, 5.41) is 7.43. The Labute approximate surface area is 107 Å². The lowest BCUT2D eigenvalue weighted by Crippen LogP contribution is -2.47. The van der Waals surface area contributed by atoms with Crippen LogP contribution in [0.25, 0.3) is 0 Å². The van der Waals surface area contributed by atoms with Crippen molar-refractivity contribution in [1.29, 1.82) is 5.41 Å². The first-order valence-corrected chi connectivity index (χ1v) is 6.54. The maximum Gasteiger partial charge on any atom is 0.141 e. The molecule has 3 N–H and O–H groups in total. The molecule has 5 nitrogen and oxygen atoms in total. The van der Waals surface area contributed by atoms with Crippen LogP contribution in [0.5, 0.6) is 0 Å². The Morgan fingerprint density at radius 2 is 1.94 bits per heavy atom. The topological polar surface area (TPSA) is 69.2 Å². The summed E-state index contributed by atoms with van der Waals surface area (Å²) < 4.78 is 0. The number of hydrogen-bond donors (Lipinski definition) is 2. The molecule has 0 spiro atoms. The monoisotopic (exact) mass is 245 g/mol. The van der Waals surface area contributed by atoms with E-state index in [0.717, 1.165) is 38.0 Å². The van der Waals surface area contributed by atoms with E-state index in [9.17, 15) is 0 Å². The maximum absolute atomic E-state index is 7.43. The Kier molecular flexibility index (Phi) is 2.91. The first-order valence-electron chi connectivity index (χ1n) is 6.54. The Hall–Kier alpha value is -1.62. The van der Waals surface area contributed by atoms with Gasteiger partial charge in [-0.3, -0.25) is 10.3 Å². The van der Waals surface area contributed by atoms with Crippen molar-refractivity contribution in [3.8, 4) is 0 Å². The summed E-state index contributed by atoms with van der Waals surface area (Å²) >= 11 is 0. The van der Waals surface area contributed by atoms with Crippen LogP contribution >= 0.6 is 0 Å². The van der Waals surface area contributed by atoms with Gasteiger partial charge in [0.2, 0.25) is 0 Å². The Morgan fingerprint density at radius 3 is 2.56 bits per heavy atom. The van der Waals surface area contributed by atoms with Gasteiger partial charge in [-0.2, -0.15) is 0 Å². The Balaban J connectivity index is 1.67. The normalized spacial score (nSPS) is 21.0. The van der Waals surface area contributed by atoms with Gasteiger partial charge >= 0.3 is 0 Å². The number of piperazine rings is 1. The molecule has 0 radical (unpaired) electrons. The zero-order valence-corrected chi connectivity index (χ0v) is 10.5. The molecule has 2 heterocycles. The van der Waals surface area contributed by atoms with Crippen molar-refractivity contribution in [3.63, 3.8) is 0 Å². The highest BCUT2D eigenvalue weighted by Gasteiger charge is 2.31. The van der Waals surface area contributed by atoms with Crippen molar-refractivity contribution in [1.82, 2.24) is 9.88 Å². The lowest BCUT2D eigenvalue weighted by atomic mass is 10.2. The van der Waals surface area contributed by atoms with E-state index in [1.807, 2.05) is 12.1 Å². The standard InChI is InChI=1S/C13H19N5/c14-13(15)11-2-1-3-12(16-11)18-8-6-17(7-9-18)10-4-5-10/h1-3,10H,4-9H2,(H3,14,15). The van der Waals surface area contributed by atoms with Crippen molar-refractivity contribution in [2.45, 2.75) is 18.9 Å². The predicted molar refractivity (Wildman–Crippen MR) is 72.1 cm³/mol. The number of hydrogen-bond acceptors (Lipinski definition) is 4. The number of nitrogens with two attached hydrogens (primary N) is 1. The Morgan fingerprint density at radius 1 is 1.22 bits per heavy atom. The zero-order chi connectivity index (χ0) is 12.5. The molecule has 0 unspecified atom stereocenters. The van der Waals surface area contributed by atoms with E-state index in [1.165, 1.54) is 12.8 Å². The molecule has 1 aromatic rings. The predicted octanol–water partition coefficient (Wildman–Crippen LogP) is 0.650. The highest BCUT2D eigenvalue weighted by molar-refractivity contribution is 5.93. The van der Waals surface area contributed by atoms with Crippen LogP contribution < -0.4 is 10.6 Å². The van der Waals surface area contributed by atoms with Crippen molar-refractivity contribution in [3.05, 3.63) is 23.9 Å². The first-order chi connectivity index (χ1) is 8.74. The molecule has 18 heavy (non-hydrogen) atoms. The minimum absolute atomic E-state index is 0.0356. The number of anilines is 1. The van der Waals surface area contributed by atoms with E-state index in [0.29, 0.717) is 5.69 Å². The summed E-state index contributed by atoms with van der Waals surface area (Å²) in [5.74, 6) is 0.978. The minimum Gasteiger partial charge on any atom is -0.382 e. The number of nitrogen functional groups attached to an aromatic ring is 1. The van der Waals surface area contributed by atoms with Crippen LogP contribution in [0.4, 0.5) is 5.82 Å². The maximum atomic E-state index is 7.43. The fraction of sp³-hybridized carbons (Fsp3) is 0.538. The third kappa shape index (κ3) is 2.31. The van der Waals surface area contributed by atoms with Crippen molar-refractivity contribution in [2.75, 3.05) is 31.1 Å². The second kappa shape index (κ2) is 4.57. The van der Waals surface area contributed by atoms with Crippen LogP contribution in [0.1, 0.15) is 18.5 Å². The molecule has 5 heteroatoms. The summed E-state index contributed by atoms with van der Waals surface area (Å²) in [6.45, 7) is 4.28. The molecule has 0 atom stereocenters. The van der Waals surface area contributed by atoms with E-state index < -0.39 is 0 Å². The van der Waals surface area contributed by atoms with Crippen LogP contribution in [0.2, 0.25) is 0 Å². The van der Waals surface area contributed by atoms with Gasteiger partial charge in [0.05, 0.1) is 0 Å². The molecule has 1 saturated heterocycles. The third-order valence-corrected chi connectivity index (χ3v) is 3.71. The van der Waals surface area contributed by atoms with Gasteiger partial charge in [0, 0.05) is 32.2 Å². The number of pyridine rings is 1. The molecule has 3 rings (SSSR count). The van der Waals surface area contributed by atoms with Gasteiger partial charge in [0.15, 0.2) is 0 Å². The molecular formula is C13H19N5. The van der Waals surface area contributed by atoms with Crippen molar-refractivity contribution < 1.29 is 0 Å². The molecule has 2 fully saturated rings. The van der Waals surface area contributed by atoms with Gasteiger partial charge < -0.3 is 10.6 Å². The molecule has 1 aromatic heterocycles. The SMILES string of the molecule is N=C(N)c1cccc(N2CCN(C3CC3)CC2)n1. The van der Waals surface area contributed by atoms with Gasteiger partial charge in [0.1, 0.15) is 17.3 Å². The summed E-state index contributed by atoms with van der Waals surface area (Å²) in [4.78, 5) is 9.30. The average Bonchev–Trinajstić information content (AvgIpc) is 3.23. The fourth-order valence-corrected chi connectivity index (χ4v) is 2.51. The quantitative estimate of drug-likeness (QED) is 0.606. The molecule has 1 saturated carbocycles. The van der Waals surface area contributed by atoms with E-state index in [2.05, 4.69) is 14.8 Å². The molecule has 2 aliphatic rings. The Bertz CT molecular complexity index is 446. The second-order valence-electron chi connectivity index (χ2n) is 5.05. The third-order valence-electron chi connectivity index (χ3n) is 3.71. The summed E-state index contributed by atoms with van der Waals surface area (Å²) in [6, 6.07) is 6.56. The van der Waals surface area contributed by atoms with Gasteiger partial charge in [0.25, 0.3) is 0 Å². The van der Waals surface area contributed by atoms with Gasteiger partial charge in [-0.05, 0) is 25.0 Å². The molecule has 0 aromatic carbocycles. The highest BCUT2D eigenvalue weighted by Crippen LogP contribution is 2.28. The van der Waals surface area contributed by atoms with E-state index in [1.54, 1.807) is 6.07 Å². The molecular weight excluding hydrogens is 226 g/mol. The lowest BCUT2D eigenvalue weighted by Gasteiger charge is -2.35. The lowest BCUT2D eigenvalue weighted by molar-refractivity contribution is 0.247. The number of aromatic nitrogens is 1. The number of nitrogens with one attached hydrogen (secondary N) is 1. The highest BCUT2D eigenvalue weighted by atomic mass is 15.3. The van der Waals surface area contributed by atoms with Crippen LogP contribution in [0.3, 0.4) is 0 Å². The fourth-order valence-electron chi connectivity index (χ4n) is 2.51. The minimum atomic E-state index is 0.0356. The van der Waals surface area contributed by atoms with E-state index >= 15 is 0 Å². The van der Waals surface area contributed by atoms with E-state index in [-0.39, 0.29) is 5.84 Å².